The second kappa shape index (κ2) is 5.66. The summed E-state index contributed by atoms with van der Waals surface area (Å²) in [5.41, 5.74) is 5.60. The van der Waals surface area contributed by atoms with Crippen LogP contribution in [-0.4, -0.2) is 47.8 Å². The molecule has 7 nitrogen and oxygen atoms in total. The molecule has 0 saturated carbocycles. The molecule has 1 saturated heterocycles. The Morgan fingerprint density at radius 3 is 3.05 bits per heavy atom. The summed E-state index contributed by atoms with van der Waals surface area (Å²) < 4.78 is 5.38. The first kappa shape index (κ1) is 13.3. The van der Waals surface area contributed by atoms with E-state index in [9.17, 15) is 9.59 Å². The molecule has 1 aromatic heterocycles. The summed E-state index contributed by atoms with van der Waals surface area (Å²) in [6, 6.07) is 3.15. The fourth-order valence-corrected chi connectivity index (χ4v) is 1.99. The zero-order valence-electron chi connectivity index (χ0n) is 10.3. The molecule has 2 rings (SSSR count). The summed E-state index contributed by atoms with van der Waals surface area (Å²) in [5, 5.41) is 8.76. The number of carboxylic acids is 1. The first-order valence-electron chi connectivity index (χ1n) is 5.90. The number of aliphatic carboxylic acids is 1. The van der Waals surface area contributed by atoms with Gasteiger partial charge >= 0.3 is 5.97 Å². The second-order valence-electron chi connectivity index (χ2n) is 4.30. The Bertz CT molecular complexity index is 492. The normalized spacial score (nSPS) is 19.2. The van der Waals surface area contributed by atoms with Crippen molar-refractivity contribution in [3.8, 4) is 0 Å². The van der Waals surface area contributed by atoms with Crippen LogP contribution in [0.2, 0.25) is 0 Å². The van der Waals surface area contributed by atoms with Crippen molar-refractivity contribution in [3.63, 3.8) is 0 Å². The van der Waals surface area contributed by atoms with Crippen LogP contribution in [0.4, 0.5) is 5.82 Å². The van der Waals surface area contributed by atoms with Gasteiger partial charge in [0.1, 0.15) is 5.82 Å². The maximum atomic E-state index is 11.1. The summed E-state index contributed by atoms with van der Waals surface area (Å²) in [6.07, 6.45) is 1.09. The number of carbonyl (C=O) groups excluding carboxylic acids is 1. The van der Waals surface area contributed by atoms with Crippen LogP contribution in [0.15, 0.2) is 18.3 Å². The van der Waals surface area contributed by atoms with Crippen LogP contribution in [0, 0.1) is 0 Å². The SMILES string of the molecule is NC(=O)c1ccnc(N2CCOC(CC(=O)O)C2)c1. The van der Waals surface area contributed by atoms with Gasteiger partial charge in [-0.2, -0.15) is 0 Å². The summed E-state index contributed by atoms with van der Waals surface area (Å²) in [6.45, 7) is 1.47. The molecule has 1 fully saturated rings. The highest BCUT2D eigenvalue weighted by atomic mass is 16.5. The van der Waals surface area contributed by atoms with Gasteiger partial charge in [-0.05, 0) is 12.1 Å². The number of anilines is 1. The molecule has 19 heavy (non-hydrogen) atoms. The molecule has 1 aliphatic heterocycles. The standard InChI is InChI=1S/C12H15N3O4/c13-12(18)8-1-2-14-10(5-8)15-3-4-19-9(7-15)6-11(16)17/h1-2,5,9H,3-4,6-7H2,(H2,13,18)(H,16,17). The Kier molecular flexibility index (Phi) is 3.96. The third-order valence-corrected chi connectivity index (χ3v) is 2.90. The van der Waals surface area contributed by atoms with Gasteiger partial charge in [0.05, 0.1) is 19.1 Å². The van der Waals surface area contributed by atoms with Crippen LogP contribution in [-0.2, 0) is 9.53 Å². The number of hydrogen-bond acceptors (Lipinski definition) is 5. The van der Waals surface area contributed by atoms with Crippen LogP contribution >= 0.6 is 0 Å². The lowest BCUT2D eigenvalue weighted by Gasteiger charge is -2.33. The Morgan fingerprint density at radius 2 is 2.37 bits per heavy atom. The number of nitrogens with two attached hydrogens (primary N) is 1. The van der Waals surface area contributed by atoms with E-state index in [1.165, 1.54) is 6.20 Å². The van der Waals surface area contributed by atoms with E-state index in [1.807, 2.05) is 4.90 Å². The number of amides is 1. The predicted octanol–water partition coefficient (Wildman–Crippen LogP) is -0.140. The molecular formula is C12H15N3O4. The summed E-state index contributed by atoms with van der Waals surface area (Å²) in [5.74, 6) is -0.806. The van der Waals surface area contributed by atoms with Crippen molar-refractivity contribution in [3.05, 3.63) is 23.9 Å². The molecule has 1 atom stereocenters. The van der Waals surface area contributed by atoms with Crippen molar-refractivity contribution in [2.24, 2.45) is 5.73 Å². The minimum Gasteiger partial charge on any atom is -0.481 e. The largest absolute Gasteiger partial charge is 0.481 e. The van der Waals surface area contributed by atoms with E-state index >= 15 is 0 Å². The number of carbonyl (C=O) groups is 2. The zero-order valence-corrected chi connectivity index (χ0v) is 10.3. The molecule has 0 aliphatic carbocycles. The average Bonchev–Trinajstić information content (AvgIpc) is 2.38. The molecule has 1 aliphatic rings. The number of carboxylic acid groups (broad SMARTS) is 1. The molecule has 0 aromatic carbocycles. The molecule has 0 radical (unpaired) electrons. The van der Waals surface area contributed by atoms with E-state index in [1.54, 1.807) is 12.1 Å². The van der Waals surface area contributed by atoms with Crippen molar-refractivity contribution in [1.29, 1.82) is 0 Å². The van der Waals surface area contributed by atoms with Crippen molar-refractivity contribution in [1.82, 2.24) is 4.98 Å². The van der Waals surface area contributed by atoms with Gasteiger partial charge in [0.15, 0.2) is 0 Å². The molecule has 0 spiro atoms. The minimum atomic E-state index is -0.898. The number of primary amides is 1. The average molecular weight is 265 g/mol. The number of pyridine rings is 1. The van der Waals surface area contributed by atoms with E-state index in [-0.39, 0.29) is 12.5 Å². The highest BCUT2D eigenvalue weighted by Gasteiger charge is 2.23. The van der Waals surface area contributed by atoms with Gasteiger partial charge in [-0.3, -0.25) is 9.59 Å². The lowest BCUT2D eigenvalue weighted by Crippen LogP contribution is -2.43. The summed E-state index contributed by atoms with van der Waals surface area (Å²) >= 11 is 0. The summed E-state index contributed by atoms with van der Waals surface area (Å²) in [7, 11) is 0. The third-order valence-electron chi connectivity index (χ3n) is 2.90. The fourth-order valence-electron chi connectivity index (χ4n) is 1.99. The van der Waals surface area contributed by atoms with Crippen molar-refractivity contribution in [2.75, 3.05) is 24.6 Å². The molecule has 1 aromatic rings. The Balaban J connectivity index is 2.10. The van der Waals surface area contributed by atoms with Crippen LogP contribution in [0.5, 0.6) is 0 Å². The van der Waals surface area contributed by atoms with E-state index in [0.717, 1.165) is 0 Å². The van der Waals surface area contributed by atoms with Gasteiger partial charge in [-0.25, -0.2) is 4.98 Å². The van der Waals surface area contributed by atoms with Gasteiger partial charge in [0.25, 0.3) is 0 Å². The van der Waals surface area contributed by atoms with Crippen molar-refractivity contribution < 1.29 is 19.4 Å². The third kappa shape index (κ3) is 3.41. The maximum absolute atomic E-state index is 11.1. The second-order valence-corrected chi connectivity index (χ2v) is 4.30. The monoisotopic (exact) mass is 265 g/mol. The minimum absolute atomic E-state index is 0.0496. The van der Waals surface area contributed by atoms with E-state index < -0.39 is 11.9 Å². The fraction of sp³-hybridized carbons (Fsp3) is 0.417. The number of nitrogens with zero attached hydrogens (tertiary/aromatic N) is 2. The summed E-state index contributed by atoms with van der Waals surface area (Å²) in [4.78, 5) is 27.9. The van der Waals surface area contributed by atoms with E-state index in [0.29, 0.717) is 31.1 Å². The maximum Gasteiger partial charge on any atom is 0.306 e. The van der Waals surface area contributed by atoms with Gasteiger partial charge in [-0.15, -0.1) is 0 Å². The number of hydrogen-bond donors (Lipinski definition) is 2. The smallest absolute Gasteiger partial charge is 0.306 e. The Morgan fingerprint density at radius 1 is 1.58 bits per heavy atom. The van der Waals surface area contributed by atoms with Gasteiger partial charge < -0.3 is 20.5 Å². The quantitative estimate of drug-likeness (QED) is 0.785. The number of ether oxygens (including phenoxy) is 1. The van der Waals surface area contributed by atoms with E-state index in [4.69, 9.17) is 15.6 Å². The number of morpholine rings is 1. The van der Waals surface area contributed by atoms with Crippen molar-refractivity contribution in [2.45, 2.75) is 12.5 Å². The molecule has 1 amide bonds. The zero-order chi connectivity index (χ0) is 13.8. The van der Waals surface area contributed by atoms with Crippen LogP contribution in [0.3, 0.4) is 0 Å². The van der Waals surface area contributed by atoms with Crippen LogP contribution < -0.4 is 10.6 Å². The van der Waals surface area contributed by atoms with Gasteiger partial charge in [0.2, 0.25) is 5.91 Å². The predicted molar refractivity (Wildman–Crippen MR) is 67.0 cm³/mol. The molecule has 2 heterocycles. The first-order chi connectivity index (χ1) is 9.06. The molecule has 7 heteroatoms. The first-order valence-corrected chi connectivity index (χ1v) is 5.90. The van der Waals surface area contributed by atoms with Crippen molar-refractivity contribution >= 4 is 17.7 Å². The highest BCUT2D eigenvalue weighted by molar-refractivity contribution is 5.93. The number of aromatic nitrogens is 1. The lowest BCUT2D eigenvalue weighted by molar-refractivity contribution is -0.140. The lowest BCUT2D eigenvalue weighted by atomic mass is 10.2. The molecule has 1 unspecified atom stereocenters. The van der Waals surface area contributed by atoms with E-state index in [2.05, 4.69) is 4.98 Å². The topological polar surface area (TPSA) is 106 Å². The Hall–Kier alpha value is -2.15. The van der Waals surface area contributed by atoms with Gasteiger partial charge in [0, 0.05) is 24.8 Å². The molecule has 102 valence electrons. The van der Waals surface area contributed by atoms with Crippen LogP contribution in [0.1, 0.15) is 16.8 Å². The highest BCUT2D eigenvalue weighted by Crippen LogP contribution is 2.17. The Labute approximate surface area is 110 Å². The molecule has 0 bridgehead atoms. The molecule has 3 N–H and O–H groups in total. The molecular weight excluding hydrogens is 250 g/mol. The number of rotatable bonds is 4. The van der Waals surface area contributed by atoms with Crippen LogP contribution in [0.25, 0.3) is 0 Å². The van der Waals surface area contributed by atoms with Gasteiger partial charge in [-0.1, -0.05) is 0 Å².